The summed E-state index contributed by atoms with van der Waals surface area (Å²) in [4.78, 5) is 33.6. The van der Waals surface area contributed by atoms with Gasteiger partial charge in [-0.25, -0.2) is 19.9 Å². The van der Waals surface area contributed by atoms with Crippen molar-refractivity contribution in [1.29, 1.82) is 0 Å². The van der Waals surface area contributed by atoms with Crippen LogP contribution in [0.15, 0.2) is 55.2 Å². The molecule has 0 amide bonds. The maximum absolute atomic E-state index is 10.9. The second-order valence-electron chi connectivity index (χ2n) is 8.41. The van der Waals surface area contributed by atoms with Gasteiger partial charge in [0.15, 0.2) is 0 Å². The summed E-state index contributed by atoms with van der Waals surface area (Å²) < 4.78 is 0. The third kappa shape index (κ3) is 6.14. The fraction of sp³-hybridized carbons (Fsp3) is 0.250. The van der Waals surface area contributed by atoms with E-state index in [9.17, 15) is 10.1 Å². The van der Waals surface area contributed by atoms with Crippen molar-refractivity contribution in [2.24, 2.45) is 0 Å². The molecule has 36 heavy (non-hydrogen) atoms. The fourth-order valence-corrected chi connectivity index (χ4v) is 4.14. The molecule has 0 aliphatic heterocycles. The monoisotopic (exact) mass is 526 g/mol. The number of anilines is 1. The number of rotatable bonds is 10. The number of nitrogens with one attached hydrogen (secondary N) is 2. The van der Waals surface area contributed by atoms with E-state index in [1.165, 1.54) is 12.3 Å². The van der Waals surface area contributed by atoms with Crippen molar-refractivity contribution in [2.75, 3.05) is 32.5 Å². The van der Waals surface area contributed by atoms with E-state index in [-0.39, 0.29) is 11.6 Å². The molecule has 10 nitrogen and oxygen atoms in total. The highest BCUT2D eigenvalue weighted by Crippen LogP contribution is 2.36. The number of hydrogen-bond acceptors (Lipinski definition) is 8. The van der Waals surface area contributed by atoms with E-state index in [0.29, 0.717) is 33.9 Å². The van der Waals surface area contributed by atoms with E-state index in [4.69, 9.17) is 33.2 Å². The number of imidazole rings is 1. The quantitative estimate of drug-likeness (QED) is 0.211. The number of aromatic nitrogens is 5. The van der Waals surface area contributed by atoms with Crippen LogP contribution >= 0.6 is 23.2 Å². The molecule has 0 aliphatic carbocycles. The van der Waals surface area contributed by atoms with E-state index < -0.39 is 4.92 Å². The molecule has 4 aromatic rings. The maximum Gasteiger partial charge on any atom is 0.287 e. The summed E-state index contributed by atoms with van der Waals surface area (Å²) in [6.07, 6.45) is 7.06. The number of nitro groups is 1. The molecule has 0 aliphatic rings. The lowest BCUT2D eigenvalue weighted by Gasteiger charge is -2.20. The number of hydrogen-bond donors (Lipinski definition) is 2. The van der Waals surface area contributed by atoms with Gasteiger partial charge >= 0.3 is 0 Å². The molecule has 0 saturated heterocycles. The molecular formula is C24H24Cl2N8O2. The SMILES string of the molecule is CN(C)CCC(CNc1ccc([N+](=O)[O-])cn1)c1ncc(-c2cnc[nH]2)c(-c2ccc(Cl)cc2Cl)n1. The van der Waals surface area contributed by atoms with Gasteiger partial charge in [0.05, 0.1) is 33.9 Å². The smallest absolute Gasteiger partial charge is 0.287 e. The minimum absolute atomic E-state index is 0.0630. The number of pyridine rings is 1. The number of halogens is 2. The molecule has 12 heteroatoms. The van der Waals surface area contributed by atoms with Gasteiger partial charge in [-0.2, -0.15) is 0 Å². The molecule has 0 fully saturated rings. The topological polar surface area (TPSA) is 126 Å². The first kappa shape index (κ1) is 25.5. The predicted octanol–water partition coefficient (Wildman–Crippen LogP) is 5.29. The van der Waals surface area contributed by atoms with E-state index in [2.05, 4.69) is 25.2 Å². The standard InChI is InChI=1S/C24H24Cl2N8O2/c1-33(2)8-7-15(10-28-22-6-4-17(11-29-22)34(35)36)24-30-12-19(21-13-27-14-31-21)23(32-24)18-5-3-16(25)9-20(18)26/h3-6,9,11-15H,7-8,10H2,1-2H3,(H,27,31)(H,28,29). The highest BCUT2D eigenvalue weighted by Gasteiger charge is 2.21. The summed E-state index contributed by atoms with van der Waals surface area (Å²) in [7, 11) is 4.01. The second kappa shape index (κ2) is 11.4. The van der Waals surface area contributed by atoms with Crippen LogP contribution in [0.25, 0.3) is 22.5 Å². The number of benzene rings is 1. The molecule has 0 radical (unpaired) electrons. The summed E-state index contributed by atoms with van der Waals surface area (Å²) in [5, 5.41) is 15.2. The first-order valence-electron chi connectivity index (χ1n) is 11.1. The normalized spacial score (nSPS) is 12.0. The van der Waals surface area contributed by atoms with Crippen LogP contribution in [-0.2, 0) is 0 Å². The highest BCUT2D eigenvalue weighted by atomic mass is 35.5. The van der Waals surface area contributed by atoms with E-state index in [0.717, 1.165) is 29.8 Å². The highest BCUT2D eigenvalue weighted by molar-refractivity contribution is 6.36. The average molecular weight is 527 g/mol. The van der Waals surface area contributed by atoms with Crippen LogP contribution < -0.4 is 5.32 Å². The number of H-pyrrole nitrogens is 1. The van der Waals surface area contributed by atoms with Crippen LogP contribution in [0.5, 0.6) is 0 Å². The molecule has 0 bridgehead atoms. The van der Waals surface area contributed by atoms with Crippen molar-refractivity contribution in [3.8, 4) is 22.5 Å². The Hall–Kier alpha value is -3.60. The molecule has 0 saturated carbocycles. The Bertz CT molecular complexity index is 1330. The van der Waals surface area contributed by atoms with Gasteiger partial charge < -0.3 is 15.2 Å². The van der Waals surface area contributed by atoms with Crippen LogP contribution in [-0.4, -0.2) is 61.9 Å². The average Bonchev–Trinajstić information content (AvgIpc) is 3.39. The third-order valence-corrected chi connectivity index (χ3v) is 6.11. The Morgan fingerprint density at radius 2 is 1.94 bits per heavy atom. The van der Waals surface area contributed by atoms with Crippen LogP contribution in [0.2, 0.25) is 10.0 Å². The van der Waals surface area contributed by atoms with Crippen LogP contribution in [0, 0.1) is 10.1 Å². The minimum Gasteiger partial charge on any atom is -0.369 e. The third-order valence-electron chi connectivity index (χ3n) is 5.56. The molecule has 186 valence electrons. The zero-order chi connectivity index (χ0) is 25.7. The van der Waals surface area contributed by atoms with Crippen molar-refractivity contribution in [3.63, 3.8) is 0 Å². The molecule has 1 atom stereocenters. The number of aromatic amines is 1. The summed E-state index contributed by atoms with van der Waals surface area (Å²) >= 11 is 12.7. The zero-order valence-electron chi connectivity index (χ0n) is 19.7. The van der Waals surface area contributed by atoms with Gasteiger partial charge in [-0.15, -0.1) is 0 Å². The summed E-state index contributed by atoms with van der Waals surface area (Å²) in [6.45, 7) is 1.29. The van der Waals surface area contributed by atoms with E-state index in [1.54, 1.807) is 36.9 Å². The molecule has 1 aromatic carbocycles. The van der Waals surface area contributed by atoms with Crippen molar-refractivity contribution in [2.45, 2.75) is 12.3 Å². The predicted molar refractivity (Wildman–Crippen MR) is 140 cm³/mol. The second-order valence-corrected chi connectivity index (χ2v) is 9.25. The Balaban J connectivity index is 1.69. The van der Waals surface area contributed by atoms with E-state index >= 15 is 0 Å². The Morgan fingerprint density at radius 1 is 1.11 bits per heavy atom. The first-order valence-corrected chi connectivity index (χ1v) is 11.9. The lowest BCUT2D eigenvalue weighted by atomic mass is 10.0. The largest absolute Gasteiger partial charge is 0.369 e. The molecule has 2 N–H and O–H groups in total. The van der Waals surface area contributed by atoms with Gasteiger partial charge in [-0.05, 0) is 51.3 Å². The van der Waals surface area contributed by atoms with Gasteiger partial charge in [0.1, 0.15) is 17.8 Å². The minimum atomic E-state index is -0.477. The van der Waals surface area contributed by atoms with Crippen LogP contribution in [0.4, 0.5) is 11.5 Å². The molecule has 3 aromatic heterocycles. The Morgan fingerprint density at radius 3 is 2.58 bits per heavy atom. The molecule has 3 heterocycles. The molecule has 0 spiro atoms. The van der Waals surface area contributed by atoms with Gasteiger partial charge in [0.2, 0.25) is 0 Å². The zero-order valence-corrected chi connectivity index (χ0v) is 21.2. The van der Waals surface area contributed by atoms with Crippen molar-refractivity contribution < 1.29 is 4.92 Å². The Labute approximate surface area is 217 Å². The summed E-state index contributed by atoms with van der Waals surface area (Å²) in [5.41, 5.74) is 2.85. The van der Waals surface area contributed by atoms with Crippen LogP contribution in [0.3, 0.4) is 0 Å². The van der Waals surface area contributed by atoms with Gasteiger partial charge in [0, 0.05) is 40.9 Å². The van der Waals surface area contributed by atoms with E-state index in [1.807, 2.05) is 20.2 Å². The van der Waals surface area contributed by atoms with Crippen molar-refractivity contribution >= 4 is 34.7 Å². The van der Waals surface area contributed by atoms with Gasteiger partial charge in [-0.1, -0.05) is 23.2 Å². The fourth-order valence-electron chi connectivity index (χ4n) is 3.64. The molecule has 1 unspecified atom stereocenters. The lowest BCUT2D eigenvalue weighted by molar-refractivity contribution is -0.385. The van der Waals surface area contributed by atoms with Crippen molar-refractivity contribution in [1.82, 2.24) is 29.8 Å². The maximum atomic E-state index is 10.9. The summed E-state index contributed by atoms with van der Waals surface area (Å²) in [6, 6.07) is 8.29. The van der Waals surface area contributed by atoms with Gasteiger partial charge in [0.25, 0.3) is 5.69 Å². The first-order chi connectivity index (χ1) is 17.3. The Kier molecular flexibility index (Phi) is 8.09. The number of nitrogens with zero attached hydrogens (tertiary/aromatic N) is 6. The lowest BCUT2D eigenvalue weighted by Crippen LogP contribution is -2.22. The molecular weight excluding hydrogens is 503 g/mol. The van der Waals surface area contributed by atoms with Crippen molar-refractivity contribution in [3.05, 3.63) is 81.2 Å². The molecule has 4 rings (SSSR count). The summed E-state index contributed by atoms with van der Waals surface area (Å²) in [5.74, 6) is 1.09. The van der Waals surface area contributed by atoms with Crippen LogP contribution in [0.1, 0.15) is 18.2 Å². The van der Waals surface area contributed by atoms with Gasteiger partial charge in [-0.3, -0.25) is 10.1 Å².